The van der Waals surface area contributed by atoms with E-state index in [0.29, 0.717) is 11.4 Å². The van der Waals surface area contributed by atoms with Crippen LogP contribution in [0.5, 0.6) is 0 Å². The number of nitrogens with zero attached hydrogens (tertiary/aromatic N) is 3. The molecular weight excluding hydrogens is 174 g/mol. The van der Waals surface area contributed by atoms with Gasteiger partial charge in [0, 0.05) is 12.4 Å². The van der Waals surface area contributed by atoms with Crippen LogP contribution in [-0.4, -0.2) is 9.97 Å². The van der Waals surface area contributed by atoms with Crippen molar-refractivity contribution in [1.82, 2.24) is 9.97 Å². The summed E-state index contributed by atoms with van der Waals surface area (Å²) in [5, 5.41) is 8.58. The minimum Gasteiger partial charge on any atom is -0.239 e. The Kier molecular flexibility index (Phi) is 2.78. The molecule has 0 saturated carbocycles. The van der Waals surface area contributed by atoms with Crippen molar-refractivity contribution in [2.75, 3.05) is 0 Å². The number of allylic oxidation sites excluding steroid dienone is 2. The predicted octanol–water partition coefficient (Wildman–Crippen LogP) is 1.98. The van der Waals surface area contributed by atoms with Crippen LogP contribution in [0.15, 0.2) is 37.7 Å². The van der Waals surface area contributed by atoms with Crippen molar-refractivity contribution >= 4 is 0 Å². The van der Waals surface area contributed by atoms with E-state index in [4.69, 9.17) is 5.26 Å². The Labute approximate surface area is 83.4 Å². The molecule has 0 unspecified atom stereocenters. The Morgan fingerprint density at radius 2 is 1.86 bits per heavy atom. The van der Waals surface area contributed by atoms with Gasteiger partial charge in [0.05, 0.1) is 11.0 Å². The first kappa shape index (κ1) is 10.1. The molecule has 0 aliphatic heterocycles. The van der Waals surface area contributed by atoms with E-state index >= 15 is 0 Å². The molecule has 0 radical (unpaired) electrons. The fourth-order valence-corrected chi connectivity index (χ4v) is 0.930. The van der Waals surface area contributed by atoms with Gasteiger partial charge in [0.1, 0.15) is 11.9 Å². The van der Waals surface area contributed by atoms with Gasteiger partial charge in [0.25, 0.3) is 0 Å². The maximum atomic E-state index is 8.58. The van der Waals surface area contributed by atoms with Crippen LogP contribution in [0.25, 0.3) is 0 Å². The van der Waals surface area contributed by atoms with Gasteiger partial charge in [0.2, 0.25) is 0 Å². The largest absolute Gasteiger partial charge is 0.239 e. The minimum atomic E-state index is -0.437. The third-order valence-corrected chi connectivity index (χ3v) is 2.11. The standard InChI is InChI=1S/C11H11N3/c1-4-11(3,5-2)10-13-7-9(6-12)8-14-10/h4-5,7-8H,1-2H2,3H3. The zero-order chi connectivity index (χ0) is 10.6. The fraction of sp³-hybridized carbons (Fsp3) is 0.182. The van der Waals surface area contributed by atoms with Gasteiger partial charge in [-0.25, -0.2) is 9.97 Å². The quantitative estimate of drug-likeness (QED) is 0.676. The van der Waals surface area contributed by atoms with Crippen molar-refractivity contribution in [1.29, 1.82) is 5.26 Å². The van der Waals surface area contributed by atoms with Gasteiger partial charge in [-0.15, -0.1) is 13.2 Å². The molecule has 1 aromatic heterocycles. The maximum Gasteiger partial charge on any atom is 0.141 e. The third-order valence-electron chi connectivity index (χ3n) is 2.11. The molecule has 70 valence electrons. The number of hydrogen-bond donors (Lipinski definition) is 0. The summed E-state index contributed by atoms with van der Waals surface area (Å²) in [5.41, 5.74) is 0.0118. The Morgan fingerprint density at radius 3 is 2.21 bits per heavy atom. The topological polar surface area (TPSA) is 49.6 Å². The monoisotopic (exact) mass is 185 g/mol. The zero-order valence-electron chi connectivity index (χ0n) is 8.07. The van der Waals surface area contributed by atoms with Gasteiger partial charge < -0.3 is 0 Å². The second-order valence-electron chi connectivity index (χ2n) is 3.10. The number of nitriles is 1. The molecular formula is C11H11N3. The van der Waals surface area contributed by atoms with E-state index in [2.05, 4.69) is 23.1 Å². The number of hydrogen-bond acceptors (Lipinski definition) is 3. The van der Waals surface area contributed by atoms with E-state index in [-0.39, 0.29) is 0 Å². The minimum absolute atomic E-state index is 0.437. The SMILES string of the molecule is C=CC(C)(C=C)c1ncc(C#N)cn1. The van der Waals surface area contributed by atoms with Crippen LogP contribution >= 0.6 is 0 Å². The smallest absolute Gasteiger partial charge is 0.141 e. The highest BCUT2D eigenvalue weighted by atomic mass is 14.9. The highest BCUT2D eigenvalue weighted by molar-refractivity contribution is 5.27. The van der Waals surface area contributed by atoms with E-state index < -0.39 is 5.41 Å². The summed E-state index contributed by atoms with van der Waals surface area (Å²) >= 11 is 0. The van der Waals surface area contributed by atoms with Gasteiger partial charge in [-0.1, -0.05) is 12.2 Å². The highest BCUT2D eigenvalue weighted by Gasteiger charge is 2.21. The fourth-order valence-electron chi connectivity index (χ4n) is 0.930. The first-order valence-electron chi connectivity index (χ1n) is 4.16. The third kappa shape index (κ3) is 1.69. The number of rotatable bonds is 3. The molecule has 14 heavy (non-hydrogen) atoms. The van der Waals surface area contributed by atoms with E-state index in [1.54, 1.807) is 12.2 Å². The van der Waals surface area contributed by atoms with Crippen molar-refractivity contribution in [3.8, 4) is 6.07 Å². The van der Waals surface area contributed by atoms with Crippen LogP contribution in [0, 0.1) is 11.3 Å². The van der Waals surface area contributed by atoms with Crippen molar-refractivity contribution < 1.29 is 0 Å². The molecule has 0 atom stereocenters. The van der Waals surface area contributed by atoms with E-state index in [1.165, 1.54) is 12.4 Å². The molecule has 0 aromatic carbocycles. The first-order chi connectivity index (χ1) is 6.66. The van der Waals surface area contributed by atoms with Gasteiger partial charge >= 0.3 is 0 Å². The van der Waals surface area contributed by atoms with Gasteiger partial charge in [0.15, 0.2) is 0 Å². The van der Waals surface area contributed by atoms with E-state index in [1.807, 2.05) is 13.0 Å². The van der Waals surface area contributed by atoms with Crippen LogP contribution in [0.2, 0.25) is 0 Å². The van der Waals surface area contributed by atoms with Crippen molar-refractivity contribution in [2.24, 2.45) is 0 Å². The summed E-state index contributed by atoms with van der Waals surface area (Å²) in [7, 11) is 0. The molecule has 3 heteroatoms. The molecule has 1 rings (SSSR count). The Bertz CT molecular complexity index is 376. The predicted molar refractivity (Wildman–Crippen MR) is 54.5 cm³/mol. The lowest BCUT2D eigenvalue weighted by Gasteiger charge is -2.18. The molecule has 0 fully saturated rings. The molecule has 1 heterocycles. The van der Waals surface area contributed by atoms with Crippen LogP contribution in [-0.2, 0) is 5.41 Å². The highest BCUT2D eigenvalue weighted by Crippen LogP contribution is 2.21. The molecule has 0 amide bonds. The van der Waals surface area contributed by atoms with Crippen molar-refractivity contribution in [3.63, 3.8) is 0 Å². The summed E-state index contributed by atoms with van der Waals surface area (Å²) in [6.45, 7) is 9.32. The molecule has 0 aliphatic rings. The molecule has 3 nitrogen and oxygen atoms in total. The lowest BCUT2D eigenvalue weighted by molar-refractivity contribution is 0.688. The second-order valence-corrected chi connectivity index (χ2v) is 3.10. The van der Waals surface area contributed by atoms with Crippen LogP contribution in [0.4, 0.5) is 0 Å². The Morgan fingerprint density at radius 1 is 1.36 bits per heavy atom. The Balaban J connectivity index is 3.15. The van der Waals surface area contributed by atoms with Crippen LogP contribution in [0.1, 0.15) is 18.3 Å². The lowest BCUT2D eigenvalue weighted by Crippen LogP contribution is -2.18. The van der Waals surface area contributed by atoms with Crippen LogP contribution in [0.3, 0.4) is 0 Å². The molecule has 0 aliphatic carbocycles. The Hall–Kier alpha value is -1.95. The molecule has 0 bridgehead atoms. The van der Waals surface area contributed by atoms with Crippen LogP contribution < -0.4 is 0 Å². The molecule has 0 spiro atoms. The zero-order valence-corrected chi connectivity index (χ0v) is 8.07. The van der Waals surface area contributed by atoms with E-state index in [9.17, 15) is 0 Å². The molecule has 0 N–H and O–H groups in total. The second kappa shape index (κ2) is 3.84. The van der Waals surface area contributed by atoms with Crippen molar-refractivity contribution in [3.05, 3.63) is 49.1 Å². The summed E-state index contributed by atoms with van der Waals surface area (Å²) in [6, 6.07) is 1.96. The molecule has 1 aromatic rings. The van der Waals surface area contributed by atoms with Gasteiger partial charge in [-0.05, 0) is 6.92 Å². The summed E-state index contributed by atoms with van der Waals surface area (Å²) in [6.07, 6.45) is 6.43. The molecule has 0 saturated heterocycles. The summed E-state index contributed by atoms with van der Waals surface area (Å²) in [4.78, 5) is 8.17. The normalized spacial score (nSPS) is 10.3. The van der Waals surface area contributed by atoms with Gasteiger partial charge in [-0.3, -0.25) is 0 Å². The summed E-state index contributed by atoms with van der Waals surface area (Å²) in [5.74, 6) is 0.599. The van der Waals surface area contributed by atoms with E-state index in [0.717, 1.165) is 0 Å². The maximum absolute atomic E-state index is 8.58. The average Bonchev–Trinajstić information content (AvgIpc) is 2.28. The first-order valence-corrected chi connectivity index (χ1v) is 4.16. The average molecular weight is 185 g/mol. The van der Waals surface area contributed by atoms with Crippen molar-refractivity contribution in [2.45, 2.75) is 12.3 Å². The number of aromatic nitrogens is 2. The van der Waals surface area contributed by atoms with Gasteiger partial charge in [-0.2, -0.15) is 5.26 Å². The lowest BCUT2D eigenvalue weighted by atomic mass is 9.90. The summed E-state index contributed by atoms with van der Waals surface area (Å²) < 4.78 is 0.